The van der Waals surface area contributed by atoms with E-state index in [1.54, 1.807) is 10.7 Å². The third kappa shape index (κ3) is 8.48. The highest BCUT2D eigenvalue weighted by Crippen LogP contribution is 2.39. The molecule has 19 nitrogen and oxygen atoms in total. The maximum absolute atomic E-state index is 14.0. The number of hydrogen-bond donors (Lipinski definition) is 3. The zero-order chi connectivity index (χ0) is 50.2. The number of imide groups is 1. The molecule has 9 heterocycles. The Kier molecular flexibility index (Phi) is 12.2. The van der Waals surface area contributed by atoms with Gasteiger partial charge in [-0.2, -0.15) is 5.10 Å². The van der Waals surface area contributed by atoms with Crippen molar-refractivity contribution in [1.82, 2.24) is 55.4 Å². The number of H-pyrrole nitrogens is 1. The maximum Gasteiger partial charge on any atom is 0.262 e. The lowest BCUT2D eigenvalue weighted by Gasteiger charge is -2.47. The molecule has 0 aliphatic carbocycles. The molecule has 1 unspecified atom stereocenters. The zero-order valence-corrected chi connectivity index (χ0v) is 42.2. The van der Waals surface area contributed by atoms with Gasteiger partial charge in [0.15, 0.2) is 0 Å². The van der Waals surface area contributed by atoms with Crippen LogP contribution in [-0.4, -0.2) is 151 Å². The molecule has 0 saturated carbocycles. The van der Waals surface area contributed by atoms with Crippen LogP contribution in [0.4, 0.5) is 23.1 Å². The maximum atomic E-state index is 14.0. The van der Waals surface area contributed by atoms with Crippen molar-refractivity contribution < 1.29 is 19.2 Å². The molecule has 4 fully saturated rings. The van der Waals surface area contributed by atoms with E-state index in [-0.39, 0.29) is 17.7 Å². The molecule has 6 aliphatic rings. The van der Waals surface area contributed by atoms with Crippen LogP contribution in [0, 0.1) is 11.8 Å². The lowest BCUT2D eigenvalue weighted by atomic mass is 9.89. The van der Waals surface area contributed by atoms with Gasteiger partial charge in [-0.25, -0.2) is 9.67 Å². The van der Waals surface area contributed by atoms with E-state index in [0.717, 1.165) is 109 Å². The normalized spacial score (nSPS) is 23.6. The molecule has 376 valence electrons. The molecule has 11 rings (SSSR count). The SMILES string of the molecule is C=C1CCC(N2C(=O)c3ccc(N4CCC(CN5CCC(CN6[C@H](C)CN(c7cc(-c8n[nH]c9ccc(NC(=O)C%10=C(C)N(C)c%11nnnn%11C%10(C)C)cc89)ccn7)C[C@@H]6C)CC5)CC4)cc3C2=O)C(=O)N1. The number of piperidine rings is 3. The van der Waals surface area contributed by atoms with Gasteiger partial charge in [-0.15, -0.1) is 0 Å². The first-order valence-electron chi connectivity index (χ1n) is 25.6. The summed E-state index contributed by atoms with van der Waals surface area (Å²) in [4.78, 5) is 71.4. The number of aromatic nitrogens is 7. The standard InChI is InChI=1S/C53H65N15O4/c1-31-8-13-44(48(69)55-31)67-50(71)40-11-10-39(26-41(40)51(67)72)64-22-17-35(18-23-64)29-63-20-15-36(16-21-63)30-66-32(2)27-65(28-33(66)3)45-24-37(14-19-54-45)47-42-25-38(9-12-43(42)57-58-47)56-49(70)46-34(4)62(7)52-59-60-61-68(52)53(46,5)6/h9-12,14,19,24-26,32-33,35-36,44H,1,8,13,15-18,20-23,27-30H2,2-7H3,(H,55,69)(H,56,70)(H,57,58)/t32-,33+,44?. The van der Waals surface area contributed by atoms with Crippen molar-refractivity contribution in [2.24, 2.45) is 11.8 Å². The number of aromatic amines is 1. The van der Waals surface area contributed by atoms with E-state index >= 15 is 0 Å². The number of carbonyl (C=O) groups excluding carboxylic acids is 4. The molecule has 19 heteroatoms. The van der Waals surface area contributed by atoms with Gasteiger partial charge in [0.05, 0.1) is 27.8 Å². The Morgan fingerprint density at radius 3 is 2.33 bits per heavy atom. The molecular weight excluding hydrogens is 911 g/mol. The summed E-state index contributed by atoms with van der Waals surface area (Å²) in [5, 5.41) is 26.9. The number of nitrogens with one attached hydrogen (secondary N) is 3. The minimum Gasteiger partial charge on any atom is -0.371 e. The summed E-state index contributed by atoms with van der Waals surface area (Å²) < 4.78 is 1.68. The van der Waals surface area contributed by atoms with E-state index in [4.69, 9.17) is 10.1 Å². The lowest BCUT2D eigenvalue weighted by Crippen LogP contribution is -2.58. The Balaban J connectivity index is 0.659. The van der Waals surface area contributed by atoms with Crippen LogP contribution in [0.5, 0.6) is 0 Å². The fourth-order valence-electron chi connectivity index (χ4n) is 12.3. The number of carbonyl (C=O) groups is 4. The van der Waals surface area contributed by atoms with Gasteiger partial charge in [-0.1, -0.05) is 11.7 Å². The van der Waals surface area contributed by atoms with Crippen molar-refractivity contribution in [2.45, 2.75) is 96.8 Å². The van der Waals surface area contributed by atoms with Crippen LogP contribution in [0.1, 0.15) is 93.9 Å². The molecule has 72 heavy (non-hydrogen) atoms. The third-order valence-electron chi connectivity index (χ3n) is 16.5. The van der Waals surface area contributed by atoms with Crippen LogP contribution >= 0.6 is 0 Å². The van der Waals surface area contributed by atoms with E-state index < -0.39 is 17.5 Å². The van der Waals surface area contributed by atoms with Gasteiger partial charge in [0.1, 0.15) is 17.6 Å². The van der Waals surface area contributed by atoms with E-state index in [9.17, 15) is 19.2 Å². The summed E-state index contributed by atoms with van der Waals surface area (Å²) in [7, 11) is 1.86. The second-order valence-corrected chi connectivity index (χ2v) is 21.5. The molecular formula is C53H65N15O4. The van der Waals surface area contributed by atoms with Crippen molar-refractivity contribution in [3.05, 3.63) is 89.4 Å². The number of anilines is 4. The highest BCUT2D eigenvalue weighted by atomic mass is 16.2. The molecule has 3 atom stereocenters. The summed E-state index contributed by atoms with van der Waals surface area (Å²) >= 11 is 0. The minimum absolute atomic E-state index is 0.219. The van der Waals surface area contributed by atoms with Crippen molar-refractivity contribution in [2.75, 3.05) is 79.4 Å². The number of pyridine rings is 1. The largest absolute Gasteiger partial charge is 0.371 e. The van der Waals surface area contributed by atoms with E-state index in [0.29, 0.717) is 70.8 Å². The number of benzene rings is 2. The summed E-state index contributed by atoms with van der Waals surface area (Å²) in [6, 6.07) is 15.4. The molecule has 5 aromatic rings. The van der Waals surface area contributed by atoms with Gasteiger partial charge >= 0.3 is 0 Å². The smallest absolute Gasteiger partial charge is 0.262 e. The summed E-state index contributed by atoms with van der Waals surface area (Å²) in [5.41, 5.74) is 6.24. The van der Waals surface area contributed by atoms with Gasteiger partial charge in [-0.05, 0) is 157 Å². The quantitative estimate of drug-likeness (QED) is 0.146. The number of amides is 4. The topological polar surface area (TPSA) is 197 Å². The van der Waals surface area contributed by atoms with Crippen molar-refractivity contribution in [3.8, 4) is 11.3 Å². The number of fused-ring (bicyclic) bond motifs is 3. The molecule has 0 radical (unpaired) electrons. The van der Waals surface area contributed by atoms with Crippen LogP contribution < -0.4 is 25.3 Å². The average molecular weight is 976 g/mol. The second kappa shape index (κ2) is 18.6. The van der Waals surface area contributed by atoms with Gasteiger partial charge in [-0.3, -0.25) is 34.1 Å². The molecule has 4 amide bonds. The Morgan fingerprint density at radius 1 is 0.861 bits per heavy atom. The van der Waals surface area contributed by atoms with Gasteiger partial charge < -0.3 is 30.2 Å². The monoisotopic (exact) mass is 976 g/mol. The predicted octanol–water partition coefficient (Wildman–Crippen LogP) is 5.62. The van der Waals surface area contributed by atoms with Crippen molar-refractivity contribution in [1.29, 1.82) is 0 Å². The van der Waals surface area contributed by atoms with Crippen LogP contribution in [0.15, 0.2) is 78.3 Å². The van der Waals surface area contributed by atoms with Crippen LogP contribution in [0.2, 0.25) is 0 Å². The first-order chi connectivity index (χ1) is 34.6. The van der Waals surface area contributed by atoms with Crippen LogP contribution in [0.3, 0.4) is 0 Å². The Hall–Kier alpha value is -6.99. The van der Waals surface area contributed by atoms with Crippen LogP contribution in [-0.2, 0) is 15.1 Å². The number of piperazine rings is 1. The summed E-state index contributed by atoms with van der Waals surface area (Å²) in [5.74, 6) is 1.46. The highest BCUT2D eigenvalue weighted by Gasteiger charge is 2.45. The number of hydrogen-bond acceptors (Lipinski definition) is 14. The Morgan fingerprint density at radius 2 is 1.58 bits per heavy atom. The third-order valence-corrected chi connectivity index (χ3v) is 16.5. The number of tetrazole rings is 1. The molecule has 4 saturated heterocycles. The number of nitrogens with zero attached hydrogens (tertiary/aromatic N) is 12. The predicted molar refractivity (Wildman–Crippen MR) is 275 cm³/mol. The molecule has 0 bridgehead atoms. The van der Waals surface area contributed by atoms with Crippen molar-refractivity contribution in [3.63, 3.8) is 0 Å². The molecule has 0 spiro atoms. The second-order valence-electron chi connectivity index (χ2n) is 21.5. The van der Waals surface area contributed by atoms with Gasteiger partial charge in [0, 0.05) is 98.3 Å². The molecule has 3 aromatic heterocycles. The first-order valence-corrected chi connectivity index (χ1v) is 25.6. The van der Waals surface area contributed by atoms with E-state index in [2.05, 4.69) is 77.4 Å². The van der Waals surface area contributed by atoms with Crippen LogP contribution in [0.25, 0.3) is 22.2 Å². The Bertz CT molecular complexity index is 3000. The number of rotatable bonds is 10. The van der Waals surface area contributed by atoms with Gasteiger partial charge in [0.2, 0.25) is 11.9 Å². The summed E-state index contributed by atoms with van der Waals surface area (Å²) in [6.07, 6.45) is 7.38. The highest BCUT2D eigenvalue weighted by molar-refractivity contribution is 6.23. The number of likely N-dealkylation sites (tertiary alicyclic amines) is 1. The first kappa shape index (κ1) is 47.3. The fourth-order valence-corrected chi connectivity index (χ4v) is 12.3. The molecule has 2 aromatic carbocycles. The summed E-state index contributed by atoms with van der Waals surface area (Å²) in [6.45, 7) is 22.4. The number of allylic oxidation sites excluding steroid dienone is 2. The molecule has 3 N–H and O–H groups in total. The average Bonchev–Trinajstić information content (AvgIpc) is 4.10. The molecule has 6 aliphatic heterocycles. The fraction of sp³-hybridized carbons (Fsp3) is 0.491. The lowest BCUT2D eigenvalue weighted by molar-refractivity contribution is -0.125. The zero-order valence-electron chi connectivity index (χ0n) is 42.2. The Labute approximate surface area is 419 Å². The van der Waals surface area contributed by atoms with E-state index in [1.807, 2.05) is 75.3 Å². The minimum atomic E-state index is -0.806. The van der Waals surface area contributed by atoms with E-state index in [1.165, 1.54) is 12.8 Å². The van der Waals surface area contributed by atoms with Crippen molar-refractivity contribution >= 4 is 57.7 Å². The van der Waals surface area contributed by atoms with Gasteiger partial charge in [0.25, 0.3) is 17.7 Å².